The summed E-state index contributed by atoms with van der Waals surface area (Å²) in [5.74, 6) is -0.813. The van der Waals surface area contributed by atoms with Gasteiger partial charge in [0.2, 0.25) is 11.8 Å². The highest BCUT2D eigenvalue weighted by Crippen LogP contribution is 2.34. The number of carbonyl (C=O) groups is 3. The Bertz CT molecular complexity index is 426. The average Bonchev–Trinajstić information content (AvgIpc) is 3.06. The lowest BCUT2D eigenvalue weighted by Gasteiger charge is -2.39. The fourth-order valence-corrected chi connectivity index (χ4v) is 3.02. The standard InChI is InChI=1S/C13H18N2O4/c16-11-4-9(7-15(11)10-1-2-10)13(19)14-5-8(6-14)3-12(17)18/h8-10H,1-7H2,(H,17,18). The van der Waals surface area contributed by atoms with Gasteiger partial charge in [-0.3, -0.25) is 14.4 Å². The molecule has 0 aromatic carbocycles. The van der Waals surface area contributed by atoms with Gasteiger partial charge >= 0.3 is 5.97 Å². The van der Waals surface area contributed by atoms with Crippen LogP contribution in [0.5, 0.6) is 0 Å². The van der Waals surface area contributed by atoms with Gasteiger partial charge in [0.25, 0.3) is 0 Å². The van der Waals surface area contributed by atoms with Crippen LogP contribution in [0.3, 0.4) is 0 Å². The lowest BCUT2D eigenvalue weighted by Crippen LogP contribution is -2.52. The molecule has 6 nitrogen and oxygen atoms in total. The summed E-state index contributed by atoms with van der Waals surface area (Å²) >= 11 is 0. The third-order valence-corrected chi connectivity index (χ3v) is 4.23. The molecule has 0 aromatic rings. The number of hydrogen-bond acceptors (Lipinski definition) is 3. The number of aliphatic carboxylic acids is 1. The van der Waals surface area contributed by atoms with E-state index in [1.54, 1.807) is 4.90 Å². The van der Waals surface area contributed by atoms with Crippen molar-refractivity contribution in [2.75, 3.05) is 19.6 Å². The van der Waals surface area contributed by atoms with Crippen molar-refractivity contribution in [3.05, 3.63) is 0 Å². The molecule has 1 aliphatic carbocycles. The summed E-state index contributed by atoms with van der Waals surface area (Å²) in [4.78, 5) is 38.1. The number of amides is 2. The number of nitrogens with zero attached hydrogens (tertiary/aromatic N) is 2. The molecule has 2 heterocycles. The topological polar surface area (TPSA) is 77.9 Å². The van der Waals surface area contributed by atoms with Crippen molar-refractivity contribution in [3.8, 4) is 0 Å². The first-order chi connectivity index (χ1) is 9.04. The maximum Gasteiger partial charge on any atom is 0.303 e. The number of carbonyl (C=O) groups excluding carboxylic acids is 2. The van der Waals surface area contributed by atoms with Crippen LogP contribution in [0.4, 0.5) is 0 Å². The molecule has 2 amide bonds. The van der Waals surface area contributed by atoms with Crippen LogP contribution in [0, 0.1) is 11.8 Å². The second kappa shape index (κ2) is 4.51. The van der Waals surface area contributed by atoms with Crippen LogP contribution in [0.15, 0.2) is 0 Å². The zero-order chi connectivity index (χ0) is 13.6. The normalized spacial score (nSPS) is 27.6. The van der Waals surface area contributed by atoms with E-state index in [-0.39, 0.29) is 30.1 Å². The van der Waals surface area contributed by atoms with Crippen molar-refractivity contribution >= 4 is 17.8 Å². The minimum absolute atomic E-state index is 0.0261. The Morgan fingerprint density at radius 2 is 1.89 bits per heavy atom. The maximum absolute atomic E-state index is 12.2. The van der Waals surface area contributed by atoms with Crippen LogP contribution in [0.25, 0.3) is 0 Å². The van der Waals surface area contributed by atoms with Crippen LogP contribution in [0.2, 0.25) is 0 Å². The van der Waals surface area contributed by atoms with Crippen molar-refractivity contribution in [1.29, 1.82) is 0 Å². The lowest BCUT2D eigenvalue weighted by molar-refractivity contribution is -0.147. The van der Waals surface area contributed by atoms with Gasteiger partial charge in [0.15, 0.2) is 0 Å². The summed E-state index contributed by atoms with van der Waals surface area (Å²) in [6.07, 6.45) is 2.59. The molecule has 104 valence electrons. The van der Waals surface area contributed by atoms with Gasteiger partial charge < -0.3 is 14.9 Å². The molecule has 0 bridgehead atoms. The van der Waals surface area contributed by atoms with Crippen LogP contribution in [0.1, 0.15) is 25.7 Å². The monoisotopic (exact) mass is 266 g/mol. The van der Waals surface area contributed by atoms with Gasteiger partial charge in [-0.2, -0.15) is 0 Å². The molecule has 3 fully saturated rings. The molecule has 19 heavy (non-hydrogen) atoms. The highest BCUT2D eigenvalue weighted by atomic mass is 16.4. The van der Waals surface area contributed by atoms with Crippen LogP contribution >= 0.6 is 0 Å². The molecule has 3 aliphatic rings. The maximum atomic E-state index is 12.2. The average molecular weight is 266 g/mol. The molecule has 0 spiro atoms. The van der Waals surface area contributed by atoms with E-state index in [9.17, 15) is 14.4 Å². The minimum atomic E-state index is -0.812. The van der Waals surface area contributed by atoms with E-state index in [0.29, 0.717) is 32.1 Å². The van der Waals surface area contributed by atoms with Crippen molar-refractivity contribution < 1.29 is 19.5 Å². The third kappa shape index (κ3) is 2.43. The molecular weight excluding hydrogens is 248 g/mol. The molecule has 1 saturated carbocycles. The summed E-state index contributed by atoms with van der Waals surface area (Å²) in [5, 5.41) is 8.67. The number of carboxylic acids is 1. The van der Waals surface area contributed by atoms with Crippen LogP contribution in [-0.4, -0.2) is 58.4 Å². The lowest BCUT2D eigenvalue weighted by atomic mass is 9.94. The summed E-state index contributed by atoms with van der Waals surface area (Å²) in [7, 11) is 0. The van der Waals surface area contributed by atoms with E-state index < -0.39 is 5.97 Å². The summed E-state index contributed by atoms with van der Waals surface area (Å²) in [5.41, 5.74) is 0. The number of carboxylic acid groups (broad SMARTS) is 1. The summed E-state index contributed by atoms with van der Waals surface area (Å²) in [6.45, 7) is 1.61. The molecule has 3 rings (SSSR count). The Kier molecular flexibility index (Phi) is 2.95. The largest absolute Gasteiger partial charge is 0.481 e. The molecule has 0 radical (unpaired) electrons. The predicted molar refractivity (Wildman–Crippen MR) is 65.2 cm³/mol. The van der Waals surface area contributed by atoms with Crippen molar-refractivity contribution in [2.45, 2.75) is 31.7 Å². The summed E-state index contributed by atoms with van der Waals surface area (Å²) in [6, 6.07) is 0.376. The molecule has 1 N–H and O–H groups in total. The van der Waals surface area contributed by atoms with Gasteiger partial charge in [-0.25, -0.2) is 0 Å². The quantitative estimate of drug-likeness (QED) is 0.772. The third-order valence-electron chi connectivity index (χ3n) is 4.23. The highest BCUT2D eigenvalue weighted by molar-refractivity contribution is 5.90. The molecule has 2 saturated heterocycles. The molecule has 1 unspecified atom stereocenters. The van der Waals surface area contributed by atoms with Gasteiger partial charge in [0, 0.05) is 38.0 Å². The first kappa shape index (κ1) is 12.4. The van der Waals surface area contributed by atoms with Crippen LogP contribution in [-0.2, 0) is 14.4 Å². The van der Waals surface area contributed by atoms with Gasteiger partial charge in [-0.05, 0) is 12.8 Å². The number of hydrogen-bond donors (Lipinski definition) is 1. The number of likely N-dealkylation sites (tertiary alicyclic amines) is 2. The highest BCUT2D eigenvalue weighted by Gasteiger charge is 2.44. The molecule has 0 aromatic heterocycles. The first-order valence-electron chi connectivity index (χ1n) is 6.84. The second-order valence-electron chi connectivity index (χ2n) is 5.89. The molecule has 2 aliphatic heterocycles. The first-order valence-corrected chi connectivity index (χ1v) is 6.84. The van der Waals surface area contributed by atoms with E-state index in [1.165, 1.54) is 0 Å². The second-order valence-corrected chi connectivity index (χ2v) is 5.89. The molecular formula is C13H18N2O4. The van der Waals surface area contributed by atoms with Gasteiger partial charge in [0.1, 0.15) is 0 Å². The van der Waals surface area contributed by atoms with Gasteiger partial charge in [-0.15, -0.1) is 0 Å². The minimum Gasteiger partial charge on any atom is -0.481 e. The van der Waals surface area contributed by atoms with E-state index in [2.05, 4.69) is 0 Å². The fourth-order valence-electron chi connectivity index (χ4n) is 3.02. The summed E-state index contributed by atoms with van der Waals surface area (Å²) < 4.78 is 0. The van der Waals surface area contributed by atoms with Gasteiger partial charge in [-0.1, -0.05) is 0 Å². The Balaban J connectivity index is 1.49. The Morgan fingerprint density at radius 1 is 1.21 bits per heavy atom. The Hall–Kier alpha value is -1.59. The smallest absolute Gasteiger partial charge is 0.303 e. The molecule has 1 atom stereocenters. The SMILES string of the molecule is O=C(O)CC1CN(C(=O)C2CC(=O)N(C3CC3)C2)C1. The van der Waals surface area contributed by atoms with E-state index in [1.807, 2.05) is 4.90 Å². The fraction of sp³-hybridized carbons (Fsp3) is 0.769. The van der Waals surface area contributed by atoms with Crippen molar-refractivity contribution in [1.82, 2.24) is 9.80 Å². The van der Waals surface area contributed by atoms with Crippen molar-refractivity contribution in [3.63, 3.8) is 0 Å². The predicted octanol–water partition coefficient (Wildman–Crippen LogP) is -0.0696. The zero-order valence-electron chi connectivity index (χ0n) is 10.7. The Morgan fingerprint density at radius 3 is 2.47 bits per heavy atom. The van der Waals surface area contributed by atoms with Crippen molar-refractivity contribution in [2.24, 2.45) is 11.8 Å². The van der Waals surface area contributed by atoms with E-state index in [0.717, 1.165) is 12.8 Å². The number of rotatable bonds is 4. The van der Waals surface area contributed by atoms with E-state index in [4.69, 9.17) is 5.11 Å². The Labute approximate surface area is 111 Å². The van der Waals surface area contributed by atoms with Gasteiger partial charge in [0.05, 0.1) is 12.3 Å². The van der Waals surface area contributed by atoms with Crippen LogP contribution < -0.4 is 0 Å². The molecule has 6 heteroatoms. The van der Waals surface area contributed by atoms with E-state index >= 15 is 0 Å². The zero-order valence-corrected chi connectivity index (χ0v) is 10.7.